The van der Waals surface area contributed by atoms with E-state index in [1.54, 1.807) is 0 Å². The highest BCUT2D eigenvalue weighted by atomic mass is 16.6. The average Bonchev–Trinajstić information content (AvgIpc) is 3.16. The van der Waals surface area contributed by atoms with Crippen LogP contribution in [-0.2, 0) is 23.7 Å². The maximum Gasteiger partial charge on any atom is 0.104 e. The summed E-state index contributed by atoms with van der Waals surface area (Å²) in [5.74, 6) is 0. The number of ether oxygens (including phenoxy) is 5. The first-order valence-electron chi connectivity index (χ1n) is 5.41. The van der Waals surface area contributed by atoms with Gasteiger partial charge in [-0.15, -0.1) is 0 Å². The van der Waals surface area contributed by atoms with Crippen molar-refractivity contribution in [2.24, 2.45) is 0 Å². The third-order valence-electron chi connectivity index (χ3n) is 2.16. The SMILES string of the molecule is C(OCC1CO1)C1CO1.C1COCCO1. The predicted molar refractivity (Wildman–Crippen MR) is 51.9 cm³/mol. The molecule has 3 heterocycles. The minimum atomic E-state index is 0.392. The Morgan fingerprint density at radius 3 is 1.47 bits per heavy atom. The molecule has 5 nitrogen and oxygen atoms in total. The predicted octanol–water partition coefficient (Wildman–Crippen LogP) is -0.166. The maximum absolute atomic E-state index is 5.23. The van der Waals surface area contributed by atoms with Gasteiger partial charge in [-0.1, -0.05) is 0 Å². The summed E-state index contributed by atoms with van der Waals surface area (Å²) < 4.78 is 25.0. The van der Waals surface area contributed by atoms with Crippen molar-refractivity contribution in [2.75, 3.05) is 52.9 Å². The van der Waals surface area contributed by atoms with Crippen LogP contribution < -0.4 is 0 Å². The lowest BCUT2D eigenvalue weighted by Crippen LogP contribution is -2.16. The topological polar surface area (TPSA) is 52.8 Å². The first-order chi connectivity index (χ1) is 7.45. The van der Waals surface area contributed by atoms with E-state index in [1.165, 1.54) is 0 Å². The molecule has 0 spiro atoms. The van der Waals surface area contributed by atoms with Crippen LogP contribution in [0, 0.1) is 0 Å². The minimum Gasteiger partial charge on any atom is -0.377 e. The highest BCUT2D eigenvalue weighted by Crippen LogP contribution is 2.12. The molecule has 5 heteroatoms. The van der Waals surface area contributed by atoms with E-state index in [0.717, 1.165) is 52.9 Å². The van der Waals surface area contributed by atoms with E-state index in [4.69, 9.17) is 23.7 Å². The van der Waals surface area contributed by atoms with Crippen molar-refractivity contribution in [3.05, 3.63) is 0 Å². The Hall–Kier alpha value is -0.200. The summed E-state index contributed by atoms with van der Waals surface area (Å²) in [4.78, 5) is 0. The van der Waals surface area contributed by atoms with Crippen molar-refractivity contribution in [3.63, 3.8) is 0 Å². The van der Waals surface area contributed by atoms with Crippen molar-refractivity contribution in [1.29, 1.82) is 0 Å². The molecule has 3 aliphatic heterocycles. The molecule has 3 aliphatic rings. The Labute approximate surface area is 89.6 Å². The van der Waals surface area contributed by atoms with Crippen LogP contribution in [0.2, 0.25) is 0 Å². The molecular weight excluding hydrogens is 200 g/mol. The van der Waals surface area contributed by atoms with Gasteiger partial charge >= 0.3 is 0 Å². The molecule has 2 unspecified atom stereocenters. The third kappa shape index (κ3) is 6.06. The van der Waals surface area contributed by atoms with Crippen molar-refractivity contribution in [3.8, 4) is 0 Å². The van der Waals surface area contributed by atoms with E-state index in [-0.39, 0.29) is 0 Å². The van der Waals surface area contributed by atoms with Gasteiger partial charge in [0.2, 0.25) is 0 Å². The van der Waals surface area contributed by atoms with Gasteiger partial charge in [-0.3, -0.25) is 0 Å². The fraction of sp³-hybridized carbons (Fsp3) is 1.00. The zero-order valence-corrected chi connectivity index (χ0v) is 8.85. The smallest absolute Gasteiger partial charge is 0.104 e. The number of hydrogen-bond acceptors (Lipinski definition) is 5. The van der Waals surface area contributed by atoms with E-state index in [2.05, 4.69) is 0 Å². The highest BCUT2D eigenvalue weighted by molar-refractivity contribution is 4.71. The number of rotatable bonds is 4. The molecular formula is C10H18O5. The van der Waals surface area contributed by atoms with E-state index < -0.39 is 0 Å². The zero-order valence-electron chi connectivity index (χ0n) is 8.85. The Kier molecular flexibility index (Phi) is 4.82. The van der Waals surface area contributed by atoms with Crippen molar-refractivity contribution in [1.82, 2.24) is 0 Å². The average molecular weight is 218 g/mol. The monoisotopic (exact) mass is 218 g/mol. The van der Waals surface area contributed by atoms with Crippen LogP contribution in [0.25, 0.3) is 0 Å². The Balaban J connectivity index is 0.000000124. The van der Waals surface area contributed by atoms with Crippen LogP contribution in [0.4, 0.5) is 0 Å². The molecule has 3 fully saturated rings. The molecule has 2 atom stereocenters. The van der Waals surface area contributed by atoms with Crippen LogP contribution in [0.3, 0.4) is 0 Å². The van der Waals surface area contributed by atoms with Crippen molar-refractivity contribution < 1.29 is 23.7 Å². The molecule has 3 saturated heterocycles. The van der Waals surface area contributed by atoms with Crippen molar-refractivity contribution >= 4 is 0 Å². The molecule has 0 aromatic heterocycles. The summed E-state index contributed by atoms with van der Waals surface area (Å²) in [6.07, 6.45) is 0.785. The first kappa shape index (κ1) is 11.3. The van der Waals surface area contributed by atoms with Crippen LogP contribution in [0.1, 0.15) is 0 Å². The Bertz CT molecular complexity index is 140. The van der Waals surface area contributed by atoms with Gasteiger partial charge in [-0.25, -0.2) is 0 Å². The molecule has 88 valence electrons. The second kappa shape index (κ2) is 6.40. The fourth-order valence-electron chi connectivity index (χ4n) is 1.10. The fourth-order valence-corrected chi connectivity index (χ4v) is 1.10. The molecule has 0 amide bonds. The molecule has 0 aromatic rings. The third-order valence-corrected chi connectivity index (χ3v) is 2.16. The second-order valence-corrected chi connectivity index (χ2v) is 3.67. The molecule has 0 N–H and O–H groups in total. The molecule has 0 bridgehead atoms. The van der Waals surface area contributed by atoms with Gasteiger partial charge in [0.15, 0.2) is 0 Å². The number of hydrogen-bond donors (Lipinski definition) is 0. The maximum atomic E-state index is 5.23. The second-order valence-electron chi connectivity index (χ2n) is 3.67. The van der Waals surface area contributed by atoms with Gasteiger partial charge in [0.1, 0.15) is 12.2 Å². The molecule has 0 aliphatic carbocycles. The first-order valence-corrected chi connectivity index (χ1v) is 5.41. The lowest BCUT2D eigenvalue weighted by atomic mass is 10.5. The summed E-state index contributed by atoms with van der Waals surface area (Å²) in [5, 5.41) is 0. The normalized spacial score (nSPS) is 32.8. The van der Waals surface area contributed by atoms with Gasteiger partial charge in [0, 0.05) is 0 Å². The summed E-state index contributed by atoms with van der Waals surface area (Å²) >= 11 is 0. The van der Waals surface area contributed by atoms with E-state index in [1.807, 2.05) is 0 Å². The van der Waals surface area contributed by atoms with E-state index in [9.17, 15) is 0 Å². The van der Waals surface area contributed by atoms with Gasteiger partial charge in [0.05, 0.1) is 52.9 Å². The summed E-state index contributed by atoms with van der Waals surface area (Å²) in [7, 11) is 0. The van der Waals surface area contributed by atoms with Crippen LogP contribution in [0.5, 0.6) is 0 Å². The molecule has 0 aromatic carbocycles. The molecule has 0 radical (unpaired) electrons. The van der Waals surface area contributed by atoms with Gasteiger partial charge in [0.25, 0.3) is 0 Å². The van der Waals surface area contributed by atoms with Gasteiger partial charge in [-0.2, -0.15) is 0 Å². The largest absolute Gasteiger partial charge is 0.377 e. The lowest BCUT2D eigenvalue weighted by molar-refractivity contribution is -0.0334. The van der Waals surface area contributed by atoms with Crippen LogP contribution >= 0.6 is 0 Å². The lowest BCUT2D eigenvalue weighted by Gasteiger charge is -2.09. The Morgan fingerprint density at radius 1 is 0.800 bits per heavy atom. The van der Waals surface area contributed by atoms with Crippen molar-refractivity contribution in [2.45, 2.75) is 12.2 Å². The summed E-state index contributed by atoms with van der Waals surface area (Å²) in [5.41, 5.74) is 0. The molecule has 0 saturated carbocycles. The highest BCUT2D eigenvalue weighted by Gasteiger charge is 2.26. The zero-order chi connectivity index (χ0) is 10.3. The summed E-state index contributed by atoms with van der Waals surface area (Å²) in [6, 6.07) is 0. The van der Waals surface area contributed by atoms with Crippen LogP contribution in [-0.4, -0.2) is 65.1 Å². The van der Waals surface area contributed by atoms with Gasteiger partial charge in [-0.05, 0) is 0 Å². The standard InChI is InChI=1S/C6H10O3.C4H8O2/c1(5-3-8-5)7-2-6-4-9-6;1-2-6-4-3-5-1/h5-6H,1-4H2;1-4H2. The number of epoxide rings is 2. The molecule has 15 heavy (non-hydrogen) atoms. The quantitative estimate of drug-likeness (QED) is 0.613. The van der Waals surface area contributed by atoms with E-state index in [0.29, 0.717) is 12.2 Å². The van der Waals surface area contributed by atoms with Gasteiger partial charge < -0.3 is 23.7 Å². The molecule has 3 rings (SSSR count). The van der Waals surface area contributed by atoms with E-state index >= 15 is 0 Å². The Morgan fingerprint density at radius 2 is 1.20 bits per heavy atom. The summed E-state index contributed by atoms with van der Waals surface area (Å²) in [6.45, 7) is 6.37. The van der Waals surface area contributed by atoms with Crippen LogP contribution in [0.15, 0.2) is 0 Å². The minimum absolute atomic E-state index is 0.392.